The number of nitrogens with two attached hydrogens (primary N) is 1. The van der Waals surface area contributed by atoms with Crippen molar-refractivity contribution in [2.24, 2.45) is 11.7 Å². The number of halogens is 3. The fourth-order valence-corrected chi connectivity index (χ4v) is 2.62. The maximum atomic E-state index is 12.8. The van der Waals surface area contributed by atoms with E-state index in [1.165, 1.54) is 6.07 Å². The molecule has 2 rings (SSSR count). The Bertz CT molecular complexity index is 545. The van der Waals surface area contributed by atoms with Gasteiger partial charge < -0.3 is 11.1 Å². The fraction of sp³-hybridized carbons (Fsp3) is 0.533. The molecule has 3 N–H and O–H groups in total. The Kier molecular flexibility index (Phi) is 5.08. The highest BCUT2D eigenvalue weighted by Crippen LogP contribution is 2.32. The highest BCUT2D eigenvalue weighted by atomic mass is 19.4. The summed E-state index contributed by atoms with van der Waals surface area (Å²) in [6.07, 6.45) is -3.43. The Hall–Kier alpha value is -1.60. The molecule has 1 atom stereocenters. The summed E-state index contributed by atoms with van der Waals surface area (Å²) in [5.74, 6) is 0.238. The van der Waals surface area contributed by atoms with Crippen LogP contribution in [-0.2, 0) is 17.5 Å². The number of hydrogen-bond acceptors (Lipinski definition) is 3. The molecule has 1 aromatic carbocycles. The minimum Gasteiger partial charge on any atom is -0.326 e. The minimum absolute atomic E-state index is 0.0174. The summed E-state index contributed by atoms with van der Waals surface area (Å²) < 4.78 is 38.5. The van der Waals surface area contributed by atoms with Crippen LogP contribution in [0.25, 0.3) is 0 Å². The zero-order valence-corrected chi connectivity index (χ0v) is 12.4. The van der Waals surface area contributed by atoms with E-state index in [0.717, 1.165) is 31.6 Å². The lowest BCUT2D eigenvalue weighted by molar-refractivity contribution is -0.137. The maximum absolute atomic E-state index is 12.8. The monoisotopic (exact) mass is 315 g/mol. The SMILES string of the molecule is CC1CCN(CC(=O)Nc2cc(CN)cc(C(F)(F)F)c2)C1. The predicted molar refractivity (Wildman–Crippen MR) is 78.2 cm³/mol. The molecule has 0 spiro atoms. The molecule has 0 saturated carbocycles. The lowest BCUT2D eigenvalue weighted by Crippen LogP contribution is -2.31. The van der Waals surface area contributed by atoms with E-state index in [-0.39, 0.29) is 24.7 Å². The van der Waals surface area contributed by atoms with Crippen molar-refractivity contribution in [3.63, 3.8) is 0 Å². The molecule has 1 unspecified atom stereocenters. The first kappa shape index (κ1) is 16.8. The van der Waals surface area contributed by atoms with Crippen LogP contribution in [0.3, 0.4) is 0 Å². The van der Waals surface area contributed by atoms with Crippen LogP contribution in [0.1, 0.15) is 24.5 Å². The summed E-state index contributed by atoms with van der Waals surface area (Å²) in [6.45, 7) is 3.96. The number of rotatable bonds is 4. The van der Waals surface area contributed by atoms with Gasteiger partial charge in [-0.25, -0.2) is 0 Å². The van der Waals surface area contributed by atoms with Crippen molar-refractivity contribution < 1.29 is 18.0 Å². The molecule has 1 aromatic rings. The van der Waals surface area contributed by atoms with E-state index in [1.807, 2.05) is 4.90 Å². The molecule has 0 aromatic heterocycles. The first-order chi connectivity index (χ1) is 10.3. The first-order valence-electron chi connectivity index (χ1n) is 7.21. The van der Waals surface area contributed by atoms with E-state index in [9.17, 15) is 18.0 Å². The number of hydrogen-bond donors (Lipinski definition) is 2. The van der Waals surface area contributed by atoms with Gasteiger partial charge in [0.25, 0.3) is 0 Å². The lowest BCUT2D eigenvalue weighted by Gasteiger charge is -2.16. The number of nitrogens with one attached hydrogen (secondary N) is 1. The molecule has 4 nitrogen and oxygen atoms in total. The molecule has 1 heterocycles. The van der Waals surface area contributed by atoms with Gasteiger partial charge in [0, 0.05) is 18.8 Å². The van der Waals surface area contributed by atoms with E-state index in [2.05, 4.69) is 12.2 Å². The number of alkyl halides is 3. The Labute approximate surface area is 127 Å². The zero-order valence-electron chi connectivity index (χ0n) is 12.4. The van der Waals surface area contributed by atoms with Crippen LogP contribution in [-0.4, -0.2) is 30.4 Å². The molecule has 7 heteroatoms. The average molecular weight is 315 g/mol. The largest absolute Gasteiger partial charge is 0.416 e. The van der Waals surface area contributed by atoms with Crippen LogP contribution in [0.4, 0.5) is 18.9 Å². The number of carbonyl (C=O) groups is 1. The van der Waals surface area contributed by atoms with Crippen molar-refractivity contribution >= 4 is 11.6 Å². The van der Waals surface area contributed by atoms with Crippen LogP contribution < -0.4 is 11.1 Å². The smallest absolute Gasteiger partial charge is 0.326 e. The van der Waals surface area contributed by atoms with E-state index in [1.54, 1.807) is 0 Å². The third kappa shape index (κ3) is 4.45. The normalized spacial score (nSPS) is 19.4. The van der Waals surface area contributed by atoms with Crippen LogP contribution in [0.5, 0.6) is 0 Å². The third-order valence-corrected chi connectivity index (χ3v) is 3.71. The van der Waals surface area contributed by atoms with Crippen LogP contribution in [0, 0.1) is 5.92 Å². The average Bonchev–Trinajstić information content (AvgIpc) is 2.82. The first-order valence-corrected chi connectivity index (χ1v) is 7.21. The second-order valence-corrected chi connectivity index (χ2v) is 5.80. The number of likely N-dealkylation sites (tertiary alicyclic amines) is 1. The van der Waals surface area contributed by atoms with E-state index < -0.39 is 11.7 Å². The lowest BCUT2D eigenvalue weighted by atomic mass is 10.1. The van der Waals surface area contributed by atoms with E-state index in [4.69, 9.17) is 5.73 Å². The van der Waals surface area contributed by atoms with Gasteiger partial charge in [-0.2, -0.15) is 13.2 Å². The molecule has 22 heavy (non-hydrogen) atoms. The van der Waals surface area contributed by atoms with Gasteiger partial charge in [-0.15, -0.1) is 0 Å². The van der Waals surface area contributed by atoms with Gasteiger partial charge in [0.2, 0.25) is 5.91 Å². The second kappa shape index (κ2) is 6.66. The van der Waals surface area contributed by atoms with Gasteiger partial charge >= 0.3 is 6.18 Å². The number of nitrogens with zero attached hydrogens (tertiary/aromatic N) is 1. The van der Waals surface area contributed by atoms with Crippen molar-refractivity contribution in [1.29, 1.82) is 0 Å². The molecule has 0 radical (unpaired) electrons. The number of carbonyl (C=O) groups excluding carboxylic acids is 1. The van der Waals surface area contributed by atoms with Crippen molar-refractivity contribution in [2.45, 2.75) is 26.1 Å². The number of benzene rings is 1. The maximum Gasteiger partial charge on any atom is 0.416 e. The molecule has 1 amide bonds. The molecule has 1 aliphatic rings. The molecule has 0 bridgehead atoms. The van der Waals surface area contributed by atoms with Crippen LogP contribution >= 0.6 is 0 Å². The summed E-state index contributed by atoms with van der Waals surface area (Å²) in [7, 11) is 0. The van der Waals surface area contributed by atoms with E-state index >= 15 is 0 Å². The predicted octanol–water partition coefficient (Wildman–Crippen LogP) is 2.44. The molecular formula is C15H20F3N3O. The van der Waals surface area contributed by atoms with Crippen LogP contribution in [0.2, 0.25) is 0 Å². The molecule has 1 fully saturated rings. The van der Waals surface area contributed by atoms with Crippen LogP contribution in [0.15, 0.2) is 18.2 Å². The zero-order chi connectivity index (χ0) is 16.3. The van der Waals surface area contributed by atoms with Crippen molar-refractivity contribution in [3.05, 3.63) is 29.3 Å². The van der Waals surface area contributed by atoms with Crippen molar-refractivity contribution in [3.8, 4) is 0 Å². The molecular weight excluding hydrogens is 295 g/mol. The summed E-state index contributed by atoms with van der Waals surface area (Å²) in [6, 6.07) is 3.40. The Morgan fingerprint density at radius 3 is 2.68 bits per heavy atom. The highest BCUT2D eigenvalue weighted by molar-refractivity contribution is 5.92. The van der Waals surface area contributed by atoms with Gasteiger partial charge in [0.1, 0.15) is 0 Å². The van der Waals surface area contributed by atoms with Gasteiger partial charge in [-0.1, -0.05) is 6.92 Å². The highest BCUT2D eigenvalue weighted by Gasteiger charge is 2.31. The van der Waals surface area contributed by atoms with Gasteiger partial charge in [0.05, 0.1) is 12.1 Å². The minimum atomic E-state index is -4.46. The number of anilines is 1. The fourth-order valence-electron chi connectivity index (χ4n) is 2.62. The van der Waals surface area contributed by atoms with Gasteiger partial charge in [-0.05, 0) is 42.6 Å². The Morgan fingerprint density at radius 2 is 2.14 bits per heavy atom. The Balaban J connectivity index is 2.06. The Morgan fingerprint density at radius 1 is 1.41 bits per heavy atom. The second-order valence-electron chi connectivity index (χ2n) is 5.80. The molecule has 1 aliphatic heterocycles. The van der Waals surface area contributed by atoms with E-state index in [0.29, 0.717) is 11.5 Å². The third-order valence-electron chi connectivity index (χ3n) is 3.71. The standard InChI is InChI=1S/C15H20F3N3O/c1-10-2-3-21(8-10)9-14(22)20-13-5-11(7-19)4-12(6-13)15(16,17)18/h4-6,10H,2-3,7-9,19H2,1H3,(H,20,22). The summed E-state index contributed by atoms with van der Waals surface area (Å²) in [4.78, 5) is 14.0. The topological polar surface area (TPSA) is 58.4 Å². The van der Waals surface area contributed by atoms with Gasteiger partial charge in [-0.3, -0.25) is 9.69 Å². The molecule has 122 valence electrons. The number of amides is 1. The summed E-state index contributed by atoms with van der Waals surface area (Å²) in [5.41, 5.74) is 5.08. The summed E-state index contributed by atoms with van der Waals surface area (Å²) >= 11 is 0. The molecule has 0 aliphatic carbocycles. The quantitative estimate of drug-likeness (QED) is 0.897. The molecule has 1 saturated heterocycles. The van der Waals surface area contributed by atoms with Crippen molar-refractivity contribution in [1.82, 2.24) is 4.90 Å². The summed E-state index contributed by atoms with van der Waals surface area (Å²) in [5, 5.41) is 2.53. The van der Waals surface area contributed by atoms with Crippen molar-refractivity contribution in [2.75, 3.05) is 25.0 Å². The van der Waals surface area contributed by atoms with Gasteiger partial charge in [0.15, 0.2) is 0 Å².